The van der Waals surface area contributed by atoms with E-state index >= 15 is 0 Å². The lowest BCUT2D eigenvalue weighted by Gasteiger charge is -2.10. The molecule has 84 valence electrons. The molecule has 0 radical (unpaired) electrons. The third-order valence-electron chi connectivity index (χ3n) is 2.26. The average molecular weight is 210 g/mol. The zero-order valence-corrected chi connectivity index (χ0v) is 9.21. The number of rotatable bonds is 5. The fraction of sp³-hybridized carbons (Fsp3) is 0.600. The lowest BCUT2D eigenvalue weighted by Crippen LogP contribution is -2.37. The molecule has 4 N–H and O–H groups in total. The van der Waals surface area contributed by atoms with Gasteiger partial charge in [-0.3, -0.25) is 9.89 Å². The highest BCUT2D eigenvalue weighted by molar-refractivity contribution is 5.94. The molecule has 1 aromatic rings. The molecule has 1 amide bonds. The normalized spacial score (nSPS) is 12.5. The van der Waals surface area contributed by atoms with Gasteiger partial charge in [0.25, 0.3) is 5.91 Å². The highest BCUT2D eigenvalue weighted by Gasteiger charge is 2.11. The van der Waals surface area contributed by atoms with Gasteiger partial charge < -0.3 is 11.1 Å². The molecular formula is C10H18N4O. The number of aryl methyl sites for hydroxylation is 1. The van der Waals surface area contributed by atoms with Crippen LogP contribution in [0.1, 0.15) is 35.8 Å². The van der Waals surface area contributed by atoms with Crippen molar-refractivity contribution >= 4 is 5.91 Å². The van der Waals surface area contributed by atoms with E-state index in [9.17, 15) is 4.79 Å². The topological polar surface area (TPSA) is 83.8 Å². The van der Waals surface area contributed by atoms with Crippen LogP contribution in [-0.2, 0) is 0 Å². The average Bonchev–Trinajstić information content (AvgIpc) is 2.61. The molecule has 1 atom stereocenters. The van der Waals surface area contributed by atoms with Crippen molar-refractivity contribution in [1.82, 2.24) is 15.5 Å². The lowest BCUT2D eigenvalue weighted by atomic mass is 10.2. The Morgan fingerprint density at radius 2 is 2.47 bits per heavy atom. The van der Waals surface area contributed by atoms with Crippen molar-refractivity contribution in [2.24, 2.45) is 5.73 Å². The molecule has 5 nitrogen and oxygen atoms in total. The number of nitrogens with one attached hydrogen (secondary N) is 2. The lowest BCUT2D eigenvalue weighted by molar-refractivity contribution is 0.0950. The highest BCUT2D eigenvalue weighted by Crippen LogP contribution is 2.01. The van der Waals surface area contributed by atoms with E-state index in [1.807, 2.05) is 6.92 Å². The summed E-state index contributed by atoms with van der Waals surface area (Å²) >= 11 is 0. The molecule has 1 aromatic heterocycles. The number of aromatic amines is 1. The Balaban J connectivity index is 2.40. The Kier molecular flexibility index (Phi) is 4.30. The van der Waals surface area contributed by atoms with Gasteiger partial charge in [0.15, 0.2) is 0 Å². The summed E-state index contributed by atoms with van der Waals surface area (Å²) in [6.45, 7) is 4.40. The van der Waals surface area contributed by atoms with Crippen molar-refractivity contribution in [3.05, 3.63) is 17.5 Å². The first-order valence-electron chi connectivity index (χ1n) is 5.19. The van der Waals surface area contributed by atoms with Crippen molar-refractivity contribution in [2.45, 2.75) is 32.7 Å². The molecular weight excluding hydrogens is 192 g/mol. The Hall–Kier alpha value is -1.36. The van der Waals surface area contributed by atoms with Crippen LogP contribution in [0, 0.1) is 6.92 Å². The first-order chi connectivity index (χ1) is 7.15. The summed E-state index contributed by atoms with van der Waals surface area (Å²) in [5, 5.41) is 9.30. The summed E-state index contributed by atoms with van der Waals surface area (Å²) in [6.07, 6.45) is 3.47. The Bertz CT molecular complexity index is 321. The van der Waals surface area contributed by atoms with E-state index in [0.29, 0.717) is 12.1 Å². The third kappa shape index (κ3) is 3.36. The maximum Gasteiger partial charge on any atom is 0.254 e. The standard InChI is InChI=1S/C10H18N4O/c1-3-4-8(11)5-12-10(15)9-6-13-14-7(9)2/h6,8H,3-5,11H2,1-2H3,(H,12,15)(H,13,14). The van der Waals surface area contributed by atoms with Crippen molar-refractivity contribution in [2.75, 3.05) is 6.54 Å². The summed E-state index contributed by atoms with van der Waals surface area (Å²) in [6, 6.07) is 0.0335. The van der Waals surface area contributed by atoms with E-state index in [0.717, 1.165) is 18.5 Å². The minimum Gasteiger partial charge on any atom is -0.350 e. The monoisotopic (exact) mass is 210 g/mol. The SMILES string of the molecule is CCCC(N)CNC(=O)c1cn[nH]c1C. The van der Waals surface area contributed by atoms with Crippen LogP contribution in [0.25, 0.3) is 0 Å². The highest BCUT2D eigenvalue weighted by atomic mass is 16.1. The fourth-order valence-electron chi connectivity index (χ4n) is 1.37. The van der Waals surface area contributed by atoms with Crippen LogP contribution in [0.15, 0.2) is 6.20 Å². The first kappa shape index (κ1) is 11.7. The second kappa shape index (κ2) is 5.50. The number of carbonyl (C=O) groups is 1. The quantitative estimate of drug-likeness (QED) is 0.664. The molecule has 0 saturated carbocycles. The minimum absolute atomic E-state index is 0.0335. The van der Waals surface area contributed by atoms with E-state index in [1.54, 1.807) is 0 Å². The summed E-state index contributed by atoms with van der Waals surface area (Å²) in [5.74, 6) is -0.118. The molecule has 15 heavy (non-hydrogen) atoms. The maximum atomic E-state index is 11.6. The largest absolute Gasteiger partial charge is 0.350 e. The number of hydrogen-bond donors (Lipinski definition) is 3. The molecule has 1 unspecified atom stereocenters. The molecule has 0 aromatic carbocycles. The van der Waals surface area contributed by atoms with Crippen molar-refractivity contribution in [1.29, 1.82) is 0 Å². The van der Waals surface area contributed by atoms with Crippen LogP contribution in [0.3, 0.4) is 0 Å². The van der Waals surface area contributed by atoms with Gasteiger partial charge in [0.2, 0.25) is 0 Å². The van der Waals surface area contributed by atoms with E-state index in [4.69, 9.17) is 5.73 Å². The van der Waals surface area contributed by atoms with Crippen molar-refractivity contribution in [3.63, 3.8) is 0 Å². The number of carbonyl (C=O) groups excluding carboxylic acids is 1. The molecule has 0 saturated heterocycles. The summed E-state index contributed by atoms with van der Waals surface area (Å²) in [7, 11) is 0. The van der Waals surface area contributed by atoms with Crippen LogP contribution in [0.4, 0.5) is 0 Å². The van der Waals surface area contributed by atoms with Crippen LogP contribution in [-0.4, -0.2) is 28.7 Å². The smallest absolute Gasteiger partial charge is 0.254 e. The van der Waals surface area contributed by atoms with Gasteiger partial charge in [0, 0.05) is 18.3 Å². The molecule has 0 bridgehead atoms. The van der Waals surface area contributed by atoms with Gasteiger partial charge in [0.05, 0.1) is 11.8 Å². The second-order valence-electron chi connectivity index (χ2n) is 3.67. The van der Waals surface area contributed by atoms with Gasteiger partial charge in [-0.05, 0) is 13.3 Å². The van der Waals surface area contributed by atoms with Crippen LogP contribution < -0.4 is 11.1 Å². The molecule has 0 aliphatic heterocycles. The van der Waals surface area contributed by atoms with E-state index in [2.05, 4.69) is 22.4 Å². The zero-order valence-electron chi connectivity index (χ0n) is 9.21. The van der Waals surface area contributed by atoms with Crippen LogP contribution in [0.5, 0.6) is 0 Å². The molecule has 1 heterocycles. The number of aromatic nitrogens is 2. The van der Waals surface area contributed by atoms with Gasteiger partial charge in [-0.2, -0.15) is 5.10 Å². The summed E-state index contributed by atoms with van der Waals surface area (Å²) < 4.78 is 0. The minimum atomic E-state index is -0.118. The van der Waals surface area contributed by atoms with Crippen molar-refractivity contribution in [3.8, 4) is 0 Å². The van der Waals surface area contributed by atoms with Gasteiger partial charge in [-0.25, -0.2) is 0 Å². The van der Waals surface area contributed by atoms with Gasteiger partial charge in [-0.15, -0.1) is 0 Å². The fourth-order valence-corrected chi connectivity index (χ4v) is 1.37. The number of H-pyrrole nitrogens is 1. The third-order valence-corrected chi connectivity index (χ3v) is 2.26. The number of nitrogens with two attached hydrogens (primary N) is 1. The Morgan fingerprint density at radius 3 is 3.00 bits per heavy atom. The molecule has 0 fully saturated rings. The second-order valence-corrected chi connectivity index (χ2v) is 3.67. The van der Waals surface area contributed by atoms with Gasteiger partial charge in [0.1, 0.15) is 0 Å². The predicted molar refractivity (Wildman–Crippen MR) is 58.5 cm³/mol. The zero-order chi connectivity index (χ0) is 11.3. The first-order valence-corrected chi connectivity index (χ1v) is 5.19. The van der Waals surface area contributed by atoms with Crippen LogP contribution in [0.2, 0.25) is 0 Å². The number of nitrogens with zero attached hydrogens (tertiary/aromatic N) is 1. The molecule has 1 rings (SSSR count). The number of amides is 1. The molecule has 5 heteroatoms. The predicted octanol–water partition coefficient (Wildman–Crippen LogP) is 0.575. The molecule has 0 aliphatic carbocycles. The van der Waals surface area contributed by atoms with Crippen LogP contribution >= 0.6 is 0 Å². The Labute approximate surface area is 89.4 Å². The van der Waals surface area contributed by atoms with Gasteiger partial charge >= 0.3 is 0 Å². The van der Waals surface area contributed by atoms with Crippen molar-refractivity contribution < 1.29 is 4.79 Å². The van der Waals surface area contributed by atoms with E-state index < -0.39 is 0 Å². The molecule has 0 aliphatic rings. The summed E-state index contributed by atoms with van der Waals surface area (Å²) in [5.41, 5.74) is 7.14. The summed E-state index contributed by atoms with van der Waals surface area (Å²) in [4.78, 5) is 11.6. The van der Waals surface area contributed by atoms with Gasteiger partial charge in [-0.1, -0.05) is 13.3 Å². The molecule has 0 spiro atoms. The number of hydrogen-bond acceptors (Lipinski definition) is 3. The maximum absolute atomic E-state index is 11.6. The van der Waals surface area contributed by atoms with E-state index in [-0.39, 0.29) is 11.9 Å². The van der Waals surface area contributed by atoms with E-state index in [1.165, 1.54) is 6.20 Å². The Morgan fingerprint density at radius 1 is 1.73 bits per heavy atom.